The number of esters is 1. The Bertz CT molecular complexity index is 1090. The van der Waals surface area contributed by atoms with Gasteiger partial charge in [-0.25, -0.2) is 0 Å². The second-order valence-corrected chi connectivity index (χ2v) is 8.77. The average molecular weight is 481 g/mol. The molecule has 0 spiro atoms. The number of benzene rings is 2. The summed E-state index contributed by atoms with van der Waals surface area (Å²) in [7, 11) is 1.56. The van der Waals surface area contributed by atoms with Gasteiger partial charge in [-0.15, -0.1) is 0 Å². The molecule has 2 aliphatic rings. The average Bonchev–Trinajstić information content (AvgIpc) is 2.88. The number of anilines is 1. The van der Waals surface area contributed by atoms with E-state index in [4.69, 9.17) is 14.2 Å². The highest BCUT2D eigenvalue weighted by Crippen LogP contribution is 2.35. The Morgan fingerprint density at radius 3 is 2.69 bits per heavy atom. The van der Waals surface area contributed by atoms with Gasteiger partial charge >= 0.3 is 5.97 Å². The molecule has 2 amide bonds. The normalized spacial score (nSPS) is 17.5. The van der Waals surface area contributed by atoms with Crippen molar-refractivity contribution < 1.29 is 28.6 Å². The summed E-state index contributed by atoms with van der Waals surface area (Å²) in [6.07, 6.45) is 3.86. The number of piperidine rings is 1. The van der Waals surface area contributed by atoms with E-state index in [1.807, 2.05) is 23.1 Å². The molecule has 2 aromatic rings. The zero-order valence-corrected chi connectivity index (χ0v) is 20.3. The number of ether oxygens (including phenoxy) is 3. The molecular formula is C27H32N2O6. The Balaban J connectivity index is 1.59. The topological polar surface area (TPSA) is 85.4 Å². The van der Waals surface area contributed by atoms with E-state index in [9.17, 15) is 14.4 Å². The number of nitrogens with zero attached hydrogens (tertiary/aromatic N) is 2. The van der Waals surface area contributed by atoms with E-state index in [1.54, 1.807) is 30.2 Å². The van der Waals surface area contributed by atoms with E-state index in [-0.39, 0.29) is 37.2 Å². The van der Waals surface area contributed by atoms with Gasteiger partial charge in [0.05, 0.1) is 25.9 Å². The number of hydrogen-bond acceptors (Lipinski definition) is 6. The first kappa shape index (κ1) is 24.6. The minimum absolute atomic E-state index is 0.0464. The van der Waals surface area contributed by atoms with Crippen molar-refractivity contribution in [3.63, 3.8) is 0 Å². The van der Waals surface area contributed by atoms with Crippen LogP contribution in [0.5, 0.6) is 11.5 Å². The molecule has 0 bridgehead atoms. The maximum absolute atomic E-state index is 13.9. The van der Waals surface area contributed by atoms with Crippen LogP contribution < -0.4 is 14.4 Å². The van der Waals surface area contributed by atoms with E-state index in [0.29, 0.717) is 36.4 Å². The molecule has 186 valence electrons. The predicted octanol–water partition coefficient (Wildman–Crippen LogP) is 3.96. The lowest BCUT2D eigenvalue weighted by Crippen LogP contribution is -2.56. The number of fused-ring (bicyclic) bond motifs is 1. The molecule has 1 saturated heterocycles. The van der Waals surface area contributed by atoms with Gasteiger partial charge in [0.15, 0.2) is 0 Å². The van der Waals surface area contributed by atoms with Gasteiger partial charge in [0.2, 0.25) is 5.91 Å². The van der Waals surface area contributed by atoms with Gasteiger partial charge in [0.25, 0.3) is 5.91 Å². The van der Waals surface area contributed by atoms with Crippen molar-refractivity contribution in [2.75, 3.05) is 31.8 Å². The number of carbonyl (C=O) groups excluding carboxylic acids is 3. The molecule has 0 radical (unpaired) electrons. The van der Waals surface area contributed by atoms with Gasteiger partial charge in [-0.05, 0) is 49.4 Å². The largest absolute Gasteiger partial charge is 0.497 e. The summed E-state index contributed by atoms with van der Waals surface area (Å²) in [4.78, 5) is 41.5. The smallest absolute Gasteiger partial charge is 0.302 e. The molecule has 0 aliphatic carbocycles. The Hall–Kier alpha value is -3.55. The second-order valence-electron chi connectivity index (χ2n) is 8.77. The van der Waals surface area contributed by atoms with E-state index in [2.05, 4.69) is 6.07 Å². The van der Waals surface area contributed by atoms with Gasteiger partial charge in [-0.2, -0.15) is 0 Å². The van der Waals surface area contributed by atoms with E-state index in [1.165, 1.54) is 6.92 Å². The number of amides is 2. The predicted molar refractivity (Wildman–Crippen MR) is 131 cm³/mol. The van der Waals surface area contributed by atoms with Gasteiger partial charge < -0.3 is 19.1 Å². The summed E-state index contributed by atoms with van der Waals surface area (Å²) in [6.45, 7) is 2.45. The van der Waals surface area contributed by atoms with Crippen LogP contribution in [0.1, 0.15) is 54.9 Å². The molecular weight excluding hydrogens is 448 g/mol. The Morgan fingerprint density at radius 1 is 1.06 bits per heavy atom. The molecule has 0 saturated carbocycles. The van der Waals surface area contributed by atoms with Crippen molar-refractivity contribution in [1.82, 2.24) is 4.90 Å². The first-order valence-corrected chi connectivity index (χ1v) is 12.1. The first-order chi connectivity index (χ1) is 17.0. The number of carbonyl (C=O) groups is 3. The molecule has 8 nitrogen and oxygen atoms in total. The zero-order valence-electron chi connectivity index (χ0n) is 20.3. The van der Waals surface area contributed by atoms with Crippen LogP contribution in [0.4, 0.5) is 5.69 Å². The van der Waals surface area contributed by atoms with Gasteiger partial charge in [0.1, 0.15) is 17.7 Å². The van der Waals surface area contributed by atoms with Crippen LogP contribution in [0.15, 0.2) is 42.5 Å². The lowest BCUT2D eigenvalue weighted by atomic mass is 9.97. The van der Waals surface area contributed by atoms with E-state index in [0.717, 1.165) is 36.9 Å². The summed E-state index contributed by atoms with van der Waals surface area (Å²) >= 11 is 0. The molecule has 2 aromatic carbocycles. The monoisotopic (exact) mass is 480 g/mol. The van der Waals surface area contributed by atoms with Crippen LogP contribution in [0.25, 0.3) is 0 Å². The van der Waals surface area contributed by atoms with Crippen LogP contribution in [0.2, 0.25) is 0 Å². The van der Waals surface area contributed by atoms with Crippen molar-refractivity contribution in [2.24, 2.45) is 0 Å². The third-order valence-electron chi connectivity index (χ3n) is 6.43. The van der Waals surface area contributed by atoms with Gasteiger partial charge in [0, 0.05) is 38.1 Å². The lowest BCUT2D eigenvalue weighted by molar-refractivity contribution is -0.141. The molecule has 8 heteroatoms. The fourth-order valence-electron chi connectivity index (χ4n) is 4.74. The van der Waals surface area contributed by atoms with Crippen LogP contribution in [0, 0.1) is 0 Å². The van der Waals surface area contributed by atoms with Gasteiger partial charge in [-0.1, -0.05) is 18.2 Å². The first-order valence-electron chi connectivity index (χ1n) is 12.1. The van der Waals surface area contributed by atoms with Crippen molar-refractivity contribution in [1.29, 1.82) is 0 Å². The van der Waals surface area contributed by atoms with Crippen molar-refractivity contribution in [3.8, 4) is 11.5 Å². The number of methoxy groups -OCH3 is 1. The Morgan fingerprint density at radius 2 is 1.89 bits per heavy atom. The van der Waals surface area contributed by atoms with Crippen molar-refractivity contribution in [2.45, 2.75) is 51.6 Å². The van der Waals surface area contributed by atoms with Crippen LogP contribution in [-0.4, -0.2) is 55.7 Å². The number of rotatable bonds is 8. The third kappa shape index (κ3) is 5.58. The fraction of sp³-hybridized carbons (Fsp3) is 0.444. The highest BCUT2D eigenvalue weighted by atomic mass is 16.5. The molecule has 0 aromatic heterocycles. The highest BCUT2D eigenvalue weighted by Gasteiger charge is 2.38. The lowest BCUT2D eigenvalue weighted by Gasteiger charge is -2.44. The van der Waals surface area contributed by atoms with E-state index >= 15 is 0 Å². The van der Waals surface area contributed by atoms with E-state index < -0.39 is 0 Å². The molecule has 0 N–H and O–H groups in total. The minimum Gasteiger partial charge on any atom is -0.497 e. The van der Waals surface area contributed by atoms with Crippen molar-refractivity contribution in [3.05, 3.63) is 53.6 Å². The standard InChI is InChI=1S/C27H32N2O6/c1-19(30)34-16-7-17-35-24-18-21(33-2)12-13-22(24)27(32)28-15-6-5-10-25(28)29-23-9-4-3-8-20(23)11-14-26(29)31/h3-4,8-9,12-13,18,25H,5-7,10-11,14-17H2,1-2H3. The van der Waals surface area contributed by atoms with Crippen LogP contribution in [-0.2, 0) is 20.7 Å². The molecule has 35 heavy (non-hydrogen) atoms. The number of likely N-dealkylation sites (tertiary alicyclic amines) is 1. The summed E-state index contributed by atoms with van der Waals surface area (Å²) in [5, 5.41) is 0. The molecule has 2 aliphatic heterocycles. The maximum atomic E-state index is 13.9. The number of para-hydroxylation sites is 1. The summed E-state index contributed by atoms with van der Waals surface area (Å²) in [5.74, 6) is 0.513. The molecule has 2 heterocycles. The Labute approximate surface area is 205 Å². The minimum atomic E-state index is -0.343. The summed E-state index contributed by atoms with van der Waals surface area (Å²) < 4.78 is 16.2. The number of hydrogen-bond donors (Lipinski definition) is 0. The Kier molecular flexibility index (Phi) is 7.90. The fourth-order valence-corrected chi connectivity index (χ4v) is 4.74. The maximum Gasteiger partial charge on any atom is 0.302 e. The quantitative estimate of drug-likeness (QED) is 0.420. The number of aryl methyl sites for hydroxylation is 1. The molecule has 1 atom stereocenters. The highest BCUT2D eigenvalue weighted by molar-refractivity contribution is 6.00. The van der Waals surface area contributed by atoms with Gasteiger partial charge in [-0.3, -0.25) is 19.3 Å². The summed E-state index contributed by atoms with van der Waals surface area (Å²) in [6, 6.07) is 13.1. The van der Waals surface area contributed by atoms with Crippen LogP contribution >= 0.6 is 0 Å². The molecule has 1 unspecified atom stereocenters. The third-order valence-corrected chi connectivity index (χ3v) is 6.43. The van der Waals surface area contributed by atoms with Crippen LogP contribution in [0.3, 0.4) is 0 Å². The second kappa shape index (κ2) is 11.3. The molecule has 4 rings (SSSR count). The summed E-state index contributed by atoms with van der Waals surface area (Å²) in [5.41, 5.74) is 2.44. The molecule has 1 fully saturated rings. The SMILES string of the molecule is COc1ccc(C(=O)N2CCCCC2N2C(=O)CCc3ccccc32)c(OCCCOC(C)=O)c1. The zero-order chi connectivity index (χ0) is 24.8. The van der Waals surface area contributed by atoms with Crippen molar-refractivity contribution >= 4 is 23.5 Å².